The number of aryl methyl sites for hydroxylation is 2. The molecule has 0 spiro atoms. The van der Waals surface area contributed by atoms with E-state index in [2.05, 4.69) is 36.9 Å². The van der Waals surface area contributed by atoms with Gasteiger partial charge >= 0.3 is 0 Å². The minimum Gasteiger partial charge on any atom is -0.392 e. The molecule has 0 unspecified atom stereocenters. The summed E-state index contributed by atoms with van der Waals surface area (Å²) in [6.45, 7) is 4.27. The van der Waals surface area contributed by atoms with Crippen molar-refractivity contribution in [1.29, 1.82) is 0 Å². The second kappa shape index (κ2) is 7.51. The molecule has 0 saturated heterocycles. The number of hydrogen-bond donors (Lipinski definition) is 2. The van der Waals surface area contributed by atoms with Crippen LogP contribution in [0.25, 0.3) is 0 Å². The molecule has 3 aromatic carbocycles. The minimum absolute atomic E-state index is 0.0367. The molecule has 2 N–H and O–H groups in total. The van der Waals surface area contributed by atoms with E-state index < -0.39 is 0 Å². The Morgan fingerprint density at radius 2 is 1.16 bits per heavy atom. The van der Waals surface area contributed by atoms with Gasteiger partial charge in [0.1, 0.15) is 0 Å². The summed E-state index contributed by atoms with van der Waals surface area (Å²) in [4.78, 5) is 2.19. The summed E-state index contributed by atoms with van der Waals surface area (Å²) in [7, 11) is 0. The third kappa shape index (κ3) is 3.73. The van der Waals surface area contributed by atoms with Crippen molar-refractivity contribution in [3.05, 3.63) is 89.0 Å². The van der Waals surface area contributed by atoms with E-state index in [-0.39, 0.29) is 13.2 Å². The van der Waals surface area contributed by atoms with Gasteiger partial charge in [-0.05, 0) is 60.9 Å². The van der Waals surface area contributed by atoms with Crippen LogP contribution in [0, 0.1) is 13.8 Å². The molecule has 0 amide bonds. The highest BCUT2D eigenvalue weighted by Gasteiger charge is 2.14. The SMILES string of the molecule is Cc1ccc(N(c2ccc(CO)cc2)c2ccc(CO)cc2)c(C)c1. The highest BCUT2D eigenvalue weighted by atomic mass is 16.3. The molecule has 3 heteroatoms. The maximum Gasteiger partial charge on any atom is 0.0681 e. The van der Waals surface area contributed by atoms with Crippen LogP contribution >= 0.6 is 0 Å². The Bertz CT molecular complexity index is 791. The first-order valence-electron chi connectivity index (χ1n) is 8.39. The zero-order chi connectivity index (χ0) is 17.8. The van der Waals surface area contributed by atoms with Gasteiger partial charge in [0.05, 0.1) is 13.2 Å². The first-order chi connectivity index (χ1) is 12.1. The van der Waals surface area contributed by atoms with Crippen molar-refractivity contribution in [2.75, 3.05) is 4.90 Å². The van der Waals surface area contributed by atoms with Gasteiger partial charge in [-0.3, -0.25) is 0 Å². The largest absolute Gasteiger partial charge is 0.392 e. The van der Waals surface area contributed by atoms with Crippen LogP contribution in [0.15, 0.2) is 66.7 Å². The van der Waals surface area contributed by atoms with E-state index in [9.17, 15) is 10.2 Å². The molecule has 3 rings (SSSR count). The Kier molecular flexibility index (Phi) is 5.17. The van der Waals surface area contributed by atoms with Crippen molar-refractivity contribution in [3.63, 3.8) is 0 Å². The molecular weight excluding hydrogens is 310 g/mol. The molecule has 0 radical (unpaired) electrons. The molecule has 25 heavy (non-hydrogen) atoms. The van der Waals surface area contributed by atoms with Crippen molar-refractivity contribution >= 4 is 17.1 Å². The second-order valence-corrected chi connectivity index (χ2v) is 6.27. The number of aliphatic hydroxyl groups excluding tert-OH is 2. The second-order valence-electron chi connectivity index (χ2n) is 6.27. The molecule has 0 saturated carbocycles. The van der Waals surface area contributed by atoms with Gasteiger partial charge in [-0.2, -0.15) is 0 Å². The third-order valence-corrected chi connectivity index (χ3v) is 4.35. The zero-order valence-corrected chi connectivity index (χ0v) is 14.6. The maximum absolute atomic E-state index is 9.30. The molecule has 0 aliphatic rings. The molecule has 0 fully saturated rings. The van der Waals surface area contributed by atoms with Gasteiger partial charge in [-0.25, -0.2) is 0 Å². The number of rotatable bonds is 5. The summed E-state index contributed by atoms with van der Waals surface area (Å²) in [5.41, 5.74) is 7.37. The van der Waals surface area contributed by atoms with Crippen molar-refractivity contribution < 1.29 is 10.2 Å². The number of benzene rings is 3. The van der Waals surface area contributed by atoms with Gasteiger partial charge in [-0.1, -0.05) is 42.0 Å². The third-order valence-electron chi connectivity index (χ3n) is 4.35. The Morgan fingerprint density at radius 1 is 0.680 bits per heavy atom. The number of anilines is 3. The molecule has 0 atom stereocenters. The summed E-state index contributed by atoms with van der Waals surface area (Å²) in [6.07, 6.45) is 0. The summed E-state index contributed by atoms with van der Waals surface area (Å²) < 4.78 is 0. The fraction of sp³-hybridized carbons (Fsp3) is 0.182. The van der Waals surface area contributed by atoms with Crippen molar-refractivity contribution in [3.8, 4) is 0 Å². The first-order valence-corrected chi connectivity index (χ1v) is 8.39. The van der Waals surface area contributed by atoms with Crippen LogP contribution < -0.4 is 4.90 Å². The molecule has 0 aromatic heterocycles. The number of nitrogens with zero attached hydrogens (tertiary/aromatic N) is 1. The normalized spacial score (nSPS) is 10.7. The standard InChI is InChI=1S/C22H23NO2/c1-16-3-12-22(17(2)13-16)23(20-8-4-18(14-24)5-9-20)21-10-6-19(15-25)7-11-21/h3-13,24-25H,14-15H2,1-2H3. The fourth-order valence-corrected chi connectivity index (χ4v) is 2.98. The molecule has 0 bridgehead atoms. The lowest BCUT2D eigenvalue weighted by molar-refractivity contribution is 0.281. The predicted molar refractivity (Wildman–Crippen MR) is 102 cm³/mol. The molecule has 0 heterocycles. The molecule has 0 aliphatic heterocycles. The van der Waals surface area contributed by atoms with Crippen molar-refractivity contribution in [2.24, 2.45) is 0 Å². The lowest BCUT2D eigenvalue weighted by atomic mass is 10.1. The highest BCUT2D eigenvalue weighted by Crippen LogP contribution is 2.36. The zero-order valence-electron chi connectivity index (χ0n) is 14.6. The molecule has 3 nitrogen and oxygen atoms in total. The Hall–Kier alpha value is -2.62. The number of aliphatic hydroxyl groups is 2. The summed E-state index contributed by atoms with van der Waals surface area (Å²) >= 11 is 0. The van der Waals surface area contributed by atoms with Crippen LogP contribution in [-0.2, 0) is 13.2 Å². The fourth-order valence-electron chi connectivity index (χ4n) is 2.98. The van der Waals surface area contributed by atoms with Crippen LogP contribution in [0.1, 0.15) is 22.3 Å². The minimum atomic E-state index is 0.0367. The van der Waals surface area contributed by atoms with Crippen LogP contribution in [0.3, 0.4) is 0 Å². The van der Waals surface area contributed by atoms with Crippen LogP contribution in [0.5, 0.6) is 0 Å². The smallest absolute Gasteiger partial charge is 0.0681 e. The topological polar surface area (TPSA) is 43.7 Å². The first kappa shape index (κ1) is 17.2. The number of hydrogen-bond acceptors (Lipinski definition) is 3. The summed E-state index contributed by atoms with van der Waals surface area (Å²) in [5.74, 6) is 0. The van der Waals surface area contributed by atoms with Crippen molar-refractivity contribution in [2.45, 2.75) is 27.1 Å². The monoisotopic (exact) mass is 333 g/mol. The van der Waals surface area contributed by atoms with Crippen LogP contribution in [0.4, 0.5) is 17.1 Å². The van der Waals surface area contributed by atoms with E-state index in [1.807, 2.05) is 48.5 Å². The van der Waals surface area contributed by atoms with Gasteiger partial charge in [0.25, 0.3) is 0 Å². The lowest BCUT2D eigenvalue weighted by Gasteiger charge is -2.27. The van der Waals surface area contributed by atoms with E-state index >= 15 is 0 Å². The van der Waals surface area contributed by atoms with Gasteiger partial charge in [-0.15, -0.1) is 0 Å². The van der Waals surface area contributed by atoms with E-state index in [0.29, 0.717) is 0 Å². The molecule has 128 valence electrons. The van der Waals surface area contributed by atoms with Gasteiger partial charge < -0.3 is 15.1 Å². The van der Waals surface area contributed by atoms with Crippen LogP contribution in [0.2, 0.25) is 0 Å². The molecular formula is C22H23NO2. The highest BCUT2D eigenvalue weighted by molar-refractivity contribution is 5.78. The predicted octanol–water partition coefficient (Wildman–Crippen LogP) is 4.76. The Balaban J connectivity index is 2.12. The summed E-state index contributed by atoms with van der Waals surface area (Å²) in [6, 6.07) is 22.2. The maximum atomic E-state index is 9.30. The average Bonchev–Trinajstić information content (AvgIpc) is 2.65. The Morgan fingerprint density at radius 3 is 1.56 bits per heavy atom. The molecule has 3 aromatic rings. The average molecular weight is 333 g/mol. The van der Waals surface area contributed by atoms with E-state index in [1.54, 1.807) is 0 Å². The molecule has 0 aliphatic carbocycles. The van der Waals surface area contributed by atoms with Gasteiger partial charge in [0.15, 0.2) is 0 Å². The Labute approximate surface area is 148 Å². The van der Waals surface area contributed by atoms with E-state index in [1.165, 1.54) is 11.1 Å². The van der Waals surface area contributed by atoms with Gasteiger partial charge in [0.2, 0.25) is 0 Å². The quantitative estimate of drug-likeness (QED) is 0.707. The van der Waals surface area contributed by atoms with E-state index in [0.717, 1.165) is 28.2 Å². The lowest BCUT2D eigenvalue weighted by Crippen LogP contribution is -2.11. The van der Waals surface area contributed by atoms with E-state index in [4.69, 9.17) is 0 Å². The van der Waals surface area contributed by atoms with Crippen molar-refractivity contribution in [1.82, 2.24) is 0 Å². The van der Waals surface area contributed by atoms with Crippen LogP contribution in [-0.4, -0.2) is 10.2 Å². The summed E-state index contributed by atoms with van der Waals surface area (Å²) in [5, 5.41) is 18.6. The van der Waals surface area contributed by atoms with Gasteiger partial charge in [0, 0.05) is 17.1 Å².